The maximum atomic E-state index is 4.31. The fourth-order valence-corrected chi connectivity index (χ4v) is 2.46. The van der Waals surface area contributed by atoms with E-state index in [0.29, 0.717) is 12.5 Å². The van der Waals surface area contributed by atoms with E-state index in [4.69, 9.17) is 0 Å². The molecule has 0 spiro atoms. The highest BCUT2D eigenvalue weighted by molar-refractivity contribution is 5.63. The largest absolute Gasteiger partial charge is 0.364 e. The Bertz CT molecular complexity index is 787. The number of hydrogen-bond acceptors (Lipinski definition) is 5. The minimum Gasteiger partial charge on any atom is -0.364 e. The highest BCUT2D eigenvalue weighted by Crippen LogP contribution is 2.26. The van der Waals surface area contributed by atoms with Crippen molar-refractivity contribution in [2.45, 2.75) is 26.3 Å². The second-order valence-corrected chi connectivity index (χ2v) is 5.83. The van der Waals surface area contributed by atoms with Gasteiger partial charge in [0, 0.05) is 18.0 Å². The van der Waals surface area contributed by atoms with E-state index in [0.717, 1.165) is 23.0 Å². The molecule has 0 fully saturated rings. The van der Waals surface area contributed by atoms with Gasteiger partial charge in [-0.2, -0.15) is 0 Å². The Balaban J connectivity index is 1.72. The van der Waals surface area contributed by atoms with Crippen LogP contribution in [-0.2, 0) is 6.54 Å². The molecule has 0 radical (unpaired) electrons. The molecule has 2 heterocycles. The molecule has 0 unspecified atom stereocenters. The fourth-order valence-electron chi connectivity index (χ4n) is 2.46. The minimum absolute atomic E-state index is 0.442. The van der Waals surface area contributed by atoms with E-state index in [1.807, 2.05) is 30.3 Å². The van der Waals surface area contributed by atoms with Crippen molar-refractivity contribution in [3.8, 4) is 0 Å². The molecule has 0 amide bonds. The number of nitrogens with zero attached hydrogens (tertiary/aromatic N) is 3. The van der Waals surface area contributed by atoms with E-state index in [9.17, 15) is 0 Å². The van der Waals surface area contributed by atoms with Crippen molar-refractivity contribution in [3.05, 3.63) is 72.3 Å². The second kappa shape index (κ2) is 7.55. The summed E-state index contributed by atoms with van der Waals surface area (Å²) in [4.78, 5) is 12.9. The summed E-state index contributed by atoms with van der Waals surface area (Å²) in [7, 11) is 0. The Morgan fingerprint density at radius 1 is 0.917 bits per heavy atom. The maximum Gasteiger partial charge on any atom is 0.135 e. The lowest BCUT2D eigenvalue weighted by molar-refractivity contribution is 0.869. The van der Waals surface area contributed by atoms with Crippen molar-refractivity contribution in [2.24, 2.45) is 0 Å². The molecule has 5 nitrogen and oxygen atoms in total. The molecule has 0 aliphatic carbocycles. The summed E-state index contributed by atoms with van der Waals surface area (Å²) < 4.78 is 0. The normalized spacial score (nSPS) is 10.6. The zero-order valence-electron chi connectivity index (χ0n) is 13.9. The van der Waals surface area contributed by atoms with Gasteiger partial charge in [0.15, 0.2) is 0 Å². The lowest BCUT2D eigenvalue weighted by Crippen LogP contribution is -2.05. The average molecular weight is 319 g/mol. The van der Waals surface area contributed by atoms with Crippen molar-refractivity contribution in [1.29, 1.82) is 0 Å². The first-order valence-corrected chi connectivity index (χ1v) is 8.04. The summed E-state index contributed by atoms with van der Waals surface area (Å²) in [5.74, 6) is 1.97. The molecule has 2 aromatic heterocycles. The van der Waals surface area contributed by atoms with Crippen molar-refractivity contribution < 1.29 is 0 Å². The van der Waals surface area contributed by atoms with Crippen LogP contribution in [0.5, 0.6) is 0 Å². The van der Waals surface area contributed by atoms with Gasteiger partial charge < -0.3 is 10.6 Å². The maximum absolute atomic E-state index is 4.31. The van der Waals surface area contributed by atoms with Crippen LogP contribution in [-0.4, -0.2) is 15.0 Å². The van der Waals surface area contributed by atoms with Crippen LogP contribution < -0.4 is 10.6 Å². The second-order valence-electron chi connectivity index (χ2n) is 5.83. The smallest absolute Gasteiger partial charge is 0.135 e. The molecule has 0 atom stereocenters. The number of nitrogens with one attached hydrogen (secondary N) is 2. The molecule has 3 rings (SSSR count). The summed E-state index contributed by atoms with van der Waals surface area (Å²) in [6.07, 6.45) is 3.34. The summed E-state index contributed by atoms with van der Waals surface area (Å²) in [6.45, 7) is 4.99. The van der Waals surface area contributed by atoms with Gasteiger partial charge >= 0.3 is 0 Å². The van der Waals surface area contributed by atoms with E-state index in [-0.39, 0.29) is 0 Å². The van der Waals surface area contributed by atoms with E-state index in [1.54, 1.807) is 12.5 Å². The van der Waals surface area contributed by atoms with Gasteiger partial charge in [0.25, 0.3) is 0 Å². The Morgan fingerprint density at radius 3 is 2.50 bits per heavy atom. The zero-order valence-corrected chi connectivity index (χ0v) is 13.9. The highest BCUT2D eigenvalue weighted by atomic mass is 15.1. The van der Waals surface area contributed by atoms with Crippen molar-refractivity contribution in [2.75, 3.05) is 10.6 Å². The van der Waals surface area contributed by atoms with Crippen LogP contribution in [0.3, 0.4) is 0 Å². The molecule has 2 N–H and O–H groups in total. The zero-order chi connectivity index (χ0) is 16.8. The van der Waals surface area contributed by atoms with Crippen LogP contribution in [0.4, 0.5) is 17.3 Å². The number of hydrogen-bond donors (Lipinski definition) is 2. The van der Waals surface area contributed by atoms with Gasteiger partial charge in [-0.15, -0.1) is 0 Å². The summed E-state index contributed by atoms with van der Waals surface area (Å²) in [5, 5.41) is 6.66. The van der Waals surface area contributed by atoms with Crippen LogP contribution >= 0.6 is 0 Å². The predicted octanol–water partition coefficient (Wildman–Crippen LogP) is 4.35. The first-order chi connectivity index (χ1) is 11.7. The molecule has 0 saturated heterocycles. The first-order valence-electron chi connectivity index (χ1n) is 8.04. The highest BCUT2D eigenvalue weighted by Gasteiger charge is 2.07. The quantitative estimate of drug-likeness (QED) is 0.707. The number of benzene rings is 1. The van der Waals surface area contributed by atoms with Gasteiger partial charge in [-0.25, -0.2) is 9.97 Å². The average Bonchev–Trinajstić information content (AvgIpc) is 2.61. The first kappa shape index (κ1) is 15.9. The molecule has 5 heteroatoms. The van der Waals surface area contributed by atoms with Gasteiger partial charge in [-0.05, 0) is 29.7 Å². The van der Waals surface area contributed by atoms with Gasteiger partial charge in [0.05, 0.1) is 12.2 Å². The third kappa shape index (κ3) is 4.07. The van der Waals surface area contributed by atoms with Crippen molar-refractivity contribution in [3.63, 3.8) is 0 Å². The molecule has 0 saturated carbocycles. The summed E-state index contributed by atoms with van der Waals surface area (Å²) in [6, 6.07) is 16.0. The molecular formula is C19H21N5. The van der Waals surface area contributed by atoms with Gasteiger partial charge in [-0.3, -0.25) is 4.98 Å². The van der Waals surface area contributed by atoms with Crippen molar-refractivity contribution in [1.82, 2.24) is 15.0 Å². The molecule has 3 aromatic rings. The van der Waals surface area contributed by atoms with Crippen LogP contribution in [0.25, 0.3) is 0 Å². The van der Waals surface area contributed by atoms with Gasteiger partial charge in [0.2, 0.25) is 0 Å². The van der Waals surface area contributed by atoms with Gasteiger partial charge in [0.1, 0.15) is 18.0 Å². The van der Waals surface area contributed by atoms with E-state index < -0.39 is 0 Å². The fraction of sp³-hybridized carbons (Fsp3) is 0.211. The molecule has 122 valence electrons. The van der Waals surface area contributed by atoms with E-state index in [1.165, 1.54) is 5.56 Å². The van der Waals surface area contributed by atoms with Crippen LogP contribution in [0.1, 0.15) is 31.0 Å². The lowest BCUT2D eigenvalue weighted by atomic mass is 10.0. The Labute approximate surface area is 142 Å². The Hall–Kier alpha value is -2.95. The third-order valence-electron chi connectivity index (χ3n) is 3.69. The number of pyridine rings is 1. The van der Waals surface area contributed by atoms with Crippen LogP contribution in [0.2, 0.25) is 0 Å². The van der Waals surface area contributed by atoms with Crippen LogP contribution in [0.15, 0.2) is 61.1 Å². The molecule has 24 heavy (non-hydrogen) atoms. The van der Waals surface area contributed by atoms with E-state index in [2.05, 4.69) is 57.6 Å². The van der Waals surface area contributed by atoms with Gasteiger partial charge in [-0.1, -0.05) is 38.1 Å². The molecular weight excluding hydrogens is 298 g/mol. The third-order valence-corrected chi connectivity index (χ3v) is 3.69. The minimum atomic E-state index is 0.442. The summed E-state index contributed by atoms with van der Waals surface area (Å²) >= 11 is 0. The predicted molar refractivity (Wildman–Crippen MR) is 97.4 cm³/mol. The number of para-hydroxylation sites is 1. The topological polar surface area (TPSA) is 62.7 Å². The number of anilines is 3. The Morgan fingerprint density at radius 2 is 1.71 bits per heavy atom. The number of aromatic nitrogens is 3. The van der Waals surface area contributed by atoms with Crippen LogP contribution in [0, 0.1) is 0 Å². The molecule has 0 bridgehead atoms. The lowest BCUT2D eigenvalue weighted by Gasteiger charge is -2.14. The molecule has 1 aromatic carbocycles. The molecule has 0 aliphatic heterocycles. The number of rotatable bonds is 6. The Kier molecular flexibility index (Phi) is 5.01. The summed E-state index contributed by atoms with van der Waals surface area (Å²) in [5.41, 5.74) is 3.30. The monoisotopic (exact) mass is 319 g/mol. The van der Waals surface area contributed by atoms with Crippen molar-refractivity contribution >= 4 is 17.3 Å². The van der Waals surface area contributed by atoms with E-state index >= 15 is 0 Å². The standard InChI is InChI=1S/C19H21N5/c1-14(2)16-8-3-4-9-17(16)24-19-11-18(22-13-23-19)21-12-15-7-5-6-10-20-15/h3-11,13-14H,12H2,1-2H3,(H2,21,22,23,24). The molecule has 0 aliphatic rings. The SMILES string of the molecule is CC(C)c1ccccc1Nc1cc(NCc2ccccn2)ncn1.